The van der Waals surface area contributed by atoms with Gasteiger partial charge in [-0.2, -0.15) is 0 Å². The average Bonchev–Trinajstić information content (AvgIpc) is 3.41. The molecule has 214 valence electrons. The number of esters is 1. The molecular weight excluding hydrogens is 488 g/mol. The fourth-order valence-electron chi connectivity index (χ4n) is 10.1. The van der Waals surface area contributed by atoms with Crippen LogP contribution in [0.5, 0.6) is 0 Å². The molecule has 6 aliphatic rings. The molecular formula is C30H46O8. The van der Waals surface area contributed by atoms with Gasteiger partial charge in [0.2, 0.25) is 0 Å². The predicted molar refractivity (Wildman–Crippen MR) is 138 cm³/mol. The molecule has 0 aromatic heterocycles. The van der Waals surface area contributed by atoms with Crippen LogP contribution in [0.2, 0.25) is 0 Å². The average molecular weight is 535 g/mol. The van der Waals surface area contributed by atoms with E-state index in [1.165, 1.54) is 0 Å². The molecule has 0 amide bonds. The second-order valence-electron chi connectivity index (χ2n) is 13.7. The van der Waals surface area contributed by atoms with Crippen LogP contribution in [0, 0.1) is 34.5 Å². The molecule has 0 bridgehead atoms. The summed E-state index contributed by atoms with van der Waals surface area (Å²) in [6.07, 6.45) is 6.83. The Morgan fingerprint density at radius 3 is 2.58 bits per heavy atom. The van der Waals surface area contributed by atoms with E-state index in [4.69, 9.17) is 18.9 Å². The number of hydrogen-bond acceptors (Lipinski definition) is 8. The lowest BCUT2D eigenvalue weighted by Crippen LogP contribution is -2.66. The van der Waals surface area contributed by atoms with E-state index >= 15 is 0 Å². The van der Waals surface area contributed by atoms with E-state index in [1.54, 1.807) is 13.2 Å². The smallest absolute Gasteiger partial charge is 0.331 e. The first-order valence-electron chi connectivity index (χ1n) is 14.8. The number of aliphatic hydroxyl groups excluding tert-OH is 2. The zero-order valence-electron chi connectivity index (χ0n) is 23.3. The SMILES string of the molecule is CO[C@H]1C[C@H](O[C@H]2CC[C@@]3(C)[C@H](CC[C@@H]4[C@@H]3[C@H](O)C[C@]3(C)[C@H](C5=CC(=O)OC5)CC[C@]43O)C2)O[C@@H](C)[C@H]1O. The first-order valence-corrected chi connectivity index (χ1v) is 14.8. The van der Waals surface area contributed by atoms with Gasteiger partial charge in [-0.05, 0) is 93.0 Å². The Balaban J connectivity index is 1.18. The first-order chi connectivity index (χ1) is 18.0. The Labute approximate surface area is 226 Å². The van der Waals surface area contributed by atoms with Crippen molar-refractivity contribution in [3.63, 3.8) is 0 Å². The van der Waals surface area contributed by atoms with Crippen LogP contribution in [0.25, 0.3) is 0 Å². The van der Waals surface area contributed by atoms with Gasteiger partial charge in [-0.25, -0.2) is 4.79 Å². The van der Waals surface area contributed by atoms with Crippen molar-refractivity contribution < 1.29 is 39.1 Å². The number of carbonyl (C=O) groups is 1. The maximum absolute atomic E-state index is 12.4. The number of fused-ring (bicyclic) bond motifs is 5. The summed E-state index contributed by atoms with van der Waals surface area (Å²) in [7, 11) is 1.62. The number of aliphatic hydroxyl groups is 3. The Morgan fingerprint density at radius 2 is 1.87 bits per heavy atom. The van der Waals surface area contributed by atoms with E-state index in [0.717, 1.165) is 44.1 Å². The van der Waals surface area contributed by atoms with E-state index in [-0.39, 0.29) is 53.7 Å². The van der Waals surface area contributed by atoms with Gasteiger partial charge in [0.1, 0.15) is 12.7 Å². The van der Waals surface area contributed by atoms with Gasteiger partial charge in [-0.15, -0.1) is 0 Å². The minimum Gasteiger partial charge on any atom is -0.458 e. The van der Waals surface area contributed by atoms with Crippen molar-refractivity contribution in [2.75, 3.05) is 13.7 Å². The third kappa shape index (κ3) is 3.96. The van der Waals surface area contributed by atoms with Crippen molar-refractivity contribution in [2.45, 2.75) is 121 Å². The van der Waals surface area contributed by atoms with Crippen molar-refractivity contribution in [1.29, 1.82) is 0 Å². The molecule has 8 heteroatoms. The van der Waals surface area contributed by atoms with Crippen molar-refractivity contribution in [3.8, 4) is 0 Å². The van der Waals surface area contributed by atoms with E-state index in [1.807, 2.05) is 6.92 Å². The summed E-state index contributed by atoms with van der Waals surface area (Å²) in [6.45, 7) is 6.65. The fraction of sp³-hybridized carbons (Fsp3) is 0.900. The number of rotatable bonds is 4. The number of cyclic esters (lactones) is 1. The van der Waals surface area contributed by atoms with Crippen LogP contribution < -0.4 is 0 Å². The molecule has 4 saturated carbocycles. The van der Waals surface area contributed by atoms with Gasteiger partial charge in [0.05, 0.1) is 30.0 Å². The van der Waals surface area contributed by atoms with Gasteiger partial charge >= 0.3 is 5.97 Å². The van der Waals surface area contributed by atoms with Crippen LogP contribution in [-0.2, 0) is 23.7 Å². The molecule has 4 aliphatic carbocycles. The summed E-state index contributed by atoms with van der Waals surface area (Å²) in [5.74, 6) is 0.285. The third-order valence-corrected chi connectivity index (χ3v) is 12.2. The second-order valence-corrected chi connectivity index (χ2v) is 13.7. The van der Waals surface area contributed by atoms with Gasteiger partial charge in [0, 0.05) is 25.0 Å². The highest BCUT2D eigenvalue weighted by atomic mass is 16.7. The molecule has 13 atom stereocenters. The van der Waals surface area contributed by atoms with Crippen LogP contribution in [0.4, 0.5) is 0 Å². The Bertz CT molecular complexity index is 968. The Hall–Kier alpha value is -1.03. The number of hydrogen-bond donors (Lipinski definition) is 3. The standard InChI is InChI=1S/C30H46O8/c1-16-27(33)23(35-4)13-25(37-16)38-19-7-9-28(2)18(12-19)5-6-21-26(28)22(31)14-29(3)20(8-10-30(21,29)34)17-11-24(32)36-15-17/h11,16,18-23,25-27,31,33-34H,5-10,12-15H2,1-4H3/t16-,18+,19-,20-,21+,22+,23-,25-,26+,27+,28-,29+,30-/m0/s1. The molecule has 38 heavy (non-hydrogen) atoms. The monoisotopic (exact) mass is 534 g/mol. The molecule has 1 saturated heterocycles. The van der Waals surface area contributed by atoms with E-state index in [0.29, 0.717) is 31.8 Å². The highest BCUT2D eigenvalue weighted by molar-refractivity contribution is 5.85. The Morgan fingerprint density at radius 1 is 1.08 bits per heavy atom. The summed E-state index contributed by atoms with van der Waals surface area (Å²) in [4.78, 5) is 11.8. The topological polar surface area (TPSA) is 115 Å². The number of methoxy groups -OCH3 is 1. The van der Waals surface area contributed by atoms with E-state index < -0.39 is 23.2 Å². The Kier molecular flexibility index (Phi) is 6.80. The van der Waals surface area contributed by atoms with E-state index in [2.05, 4.69) is 13.8 Å². The first kappa shape index (κ1) is 27.2. The predicted octanol–water partition coefficient (Wildman–Crippen LogP) is 3.11. The molecule has 2 heterocycles. The molecule has 3 N–H and O–H groups in total. The lowest BCUT2D eigenvalue weighted by molar-refractivity contribution is -0.278. The quantitative estimate of drug-likeness (QED) is 0.372. The summed E-state index contributed by atoms with van der Waals surface area (Å²) in [5, 5.41) is 34.5. The molecule has 0 spiro atoms. The summed E-state index contributed by atoms with van der Waals surface area (Å²) < 4.78 is 23.1. The van der Waals surface area contributed by atoms with Gasteiger partial charge < -0.3 is 34.3 Å². The highest BCUT2D eigenvalue weighted by Crippen LogP contribution is 2.70. The van der Waals surface area contributed by atoms with E-state index in [9.17, 15) is 20.1 Å². The highest BCUT2D eigenvalue weighted by Gasteiger charge is 2.70. The second kappa shape index (κ2) is 9.52. The normalized spacial score (nSPS) is 54.5. The molecule has 0 radical (unpaired) electrons. The maximum Gasteiger partial charge on any atom is 0.331 e. The van der Waals surface area contributed by atoms with Gasteiger partial charge in [0.15, 0.2) is 6.29 Å². The molecule has 0 aromatic carbocycles. The third-order valence-electron chi connectivity index (χ3n) is 12.2. The van der Waals surface area contributed by atoms with Gasteiger partial charge in [-0.3, -0.25) is 0 Å². The molecule has 5 fully saturated rings. The summed E-state index contributed by atoms with van der Waals surface area (Å²) in [6, 6.07) is 0. The lowest BCUT2D eigenvalue weighted by Gasteiger charge is -2.65. The molecule has 0 aromatic rings. The van der Waals surface area contributed by atoms with Crippen molar-refractivity contribution >= 4 is 5.97 Å². The van der Waals surface area contributed by atoms with Crippen LogP contribution in [0.1, 0.15) is 78.6 Å². The number of carbonyl (C=O) groups excluding carboxylic acids is 1. The minimum atomic E-state index is -0.850. The largest absolute Gasteiger partial charge is 0.458 e. The van der Waals surface area contributed by atoms with Crippen LogP contribution in [-0.4, -0.2) is 77.4 Å². The van der Waals surface area contributed by atoms with Crippen molar-refractivity contribution in [2.24, 2.45) is 34.5 Å². The van der Waals surface area contributed by atoms with Gasteiger partial charge in [-0.1, -0.05) is 13.8 Å². The number of ether oxygens (including phenoxy) is 4. The molecule has 2 aliphatic heterocycles. The van der Waals surface area contributed by atoms with Crippen LogP contribution in [0.15, 0.2) is 11.6 Å². The van der Waals surface area contributed by atoms with Crippen molar-refractivity contribution in [1.82, 2.24) is 0 Å². The lowest BCUT2D eigenvalue weighted by atomic mass is 9.42. The fourth-order valence-corrected chi connectivity index (χ4v) is 10.1. The maximum atomic E-state index is 12.4. The van der Waals surface area contributed by atoms with Gasteiger partial charge in [0.25, 0.3) is 0 Å². The zero-order chi connectivity index (χ0) is 27.0. The zero-order valence-corrected chi connectivity index (χ0v) is 23.3. The minimum absolute atomic E-state index is 0.0464. The van der Waals surface area contributed by atoms with Crippen LogP contribution >= 0.6 is 0 Å². The molecule has 8 nitrogen and oxygen atoms in total. The molecule has 6 rings (SSSR count). The summed E-state index contributed by atoms with van der Waals surface area (Å²) in [5.41, 5.74) is -0.389. The van der Waals surface area contributed by atoms with Crippen LogP contribution in [0.3, 0.4) is 0 Å². The molecule has 0 unspecified atom stereocenters. The van der Waals surface area contributed by atoms with Crippen molar-refractivity contribution in [3.05, 3.63) is 11.6 Å². The summed E-state index contributed by atoms with van der Waals surface area (Å²) >= 11 is 0.